The minimum Gasteiger partial charge on any atom is -0.444 e. The second-order valence-corrected chi connectivity index (χ2v) is 5.66. The van der Waals surface area contributed by atoms with Gasteiger partial charge in [0.25, 0.3) is 0 Å². The summed E-state index contributed by atoms with van der Waals surface area (Å²) in [5.74, 6) is -0.0305. The summed E-state index contributed by atoms with van der Waals surface area (Å²) in [5.41, 5.74) is 0.959. The molecule has 0 fully saturated rings. The highest BCUT2D eigenvalue weighted by molar-refractivity contribution is 5.86. The van der Waals surface area contributed by atoms with Crippen LogP contribution in [0.4, 0.5) is 10.5 Å². The zero-order chi connectivity index (χ0) is 15.3. The number of carbonyl (C=O) groups is 2. The van der Waals surface area contributed by atoms with Crippen LogP contribution in [-0.4, -0.2) is 29.5 Å². The van der Waals surface area contributed by atoms with Gasteiger partial charge in [0.15, 0.2) is 0 Å². The van der Waals surface area contributed by atoms with Crippen LogP contribution >= 0.6 is 0 Å². The molecule has 5 heteroatoms. The zero-order valence-corrected chi connectivity index (χ0v) is 12.7. The smallest absolute Gasteiger partial charge is 0.412 e. The van der Waals surface area contributed by atoms with Crippen LogP contribution in [0, 0.1) is 0 Å². The number of para-hydroxylation sites is 1. The van der Waals surface area contributed by atoms with Gasteiger partial charge in [-0.05, 0) is 32.4 Å². The molecule has 0 heterocycles. The average Bonchev–Trinajstić information content (AvgIpc) is 2.28. The lowest BCUT2D eigenvalue weighted by atomic mass is 10.1. The van der Waals surface area contributed by atoms with E-state index in [2.05, 4.69) is 5.32 Å². The topological polar surface area (TPSA) is 58.6 Å². The number of nitrogens with zero attached hydrogens (tertiary/aromatic N) is 1. The van der Waals surface area contributed by atoms with E-state index in [1.54, 1.807) is 18.0 Å². The summed E-state index contributed by atoms with van der Waals surface area (Å²) in [5, 5.41) is 2.71. The third-order valence-corrected chi connectivity index (χ3v) is 2.60. The van der Waals surface area contributed by atoms with Crippen LogP contribution in [0.3, 0.4) is 0 Å². The van der Waals surface area contributed by atoms with Crippen molar-refractivity contribution in [3.05, 3.63) is 29.8 Å². The Morgan fingerprint density at radius 2 is 1.85 bits per heavy atom. The molecule has 0 saturated heterocycles. The van der Waals surface area contributed by atoms with Gasteiger partial charge in [-0.25, -0.2) is 4.79 Å². The van der Waals surface area contributed by atoms with Gasteiger partial charge >= 0.3 is 6.09 Å². The second kappa shape index (κ2) is 6.41. The highest BCUT2D eigenvalue weighted by atomic mass is 16.6. The maximum absolute atomic E-state index is 11.8. The van der Waals surface area contributed by atoms with Crippen molar-refractivity contribution in [2.75, 3.05) is 12.4 Å². The quantitative estimate of drug-likeness (QED) is 0.924. The number of rotatable bonds is 3. The van der Waals surface area contributed by atoms with Gasteiger partial charge in [0, 0.05) is 26.2 Å². The lowest BCUT2D eigenvalue weighted by Crippen LogP contribution is -2.28. The molecule has 20 heavy (non-hydrogen) atoms. The number of nitrogens with one attached hydrogen (secondary N) is 1. The van der Waals surface area contributed by atoms with E-state index in [0.717, 1.165) is 5.56 Å². The van der Waals surface area contributed by atoms with Gasteiger partial charge in [-0.3, -0.25) is 10.1 Å². The Bertz CT molecular complexity index is 492. The van der Waals surface area contributed by atoms with E-state index >= 15 is 0 Å². The molecule has 1 N–H and O–H groups in total. The molecule has 0 aromatic heterocycles. The molecule has 0 aliphatic heterocycles. The summed E-state index contributed by atoms with van der Waals surface area (Å²) >= 11 is 0. The van der Waals surface area contributed by atoms with E-state index in [4.69, 9.17) is 4.74 Å². The maximum atomic E-state index is 11.8. The van der Waals surface area contributed by atoms with Crippen LogP contribution in [0.1, 0.15) is 33.3 Å². The van der Waals surface area contributed by atoms with Crippen molar-refractivity contribution < 1.29 is 14.3 Å². The maximum Gasteiger partial charge on any atom is 0.412 e. The number of hydrogen-bond donors (Lipinski definition) is 1. The first-order chi connectivity index (χ1) is 9.19. The molecule has 0 aliphatic rings. The molecule has 110 valence electrons. The van der Waals surface area contributed by atoms with Gasteiger partial charge in [-0.2, -0.15) is 0 Å². The third kappa shape index (κ3) is 5.30. The highest BCUT2D eigenvalue weighted by Gasteiger charge is 2.17. The van der Waals surface area contributed by atoms with Crippen molar-refractivity contribution in [2.45, 2.75) is 39.8 Å². The van der Waals surface area contributed by atoms with Crippen LogP contribution < -0.4 is 5.32 Å². The van der Waals surface area contributed by atoms with Crippen molar-refractivity contribution in [2.24, 2.45) is 0 Å². The Morgan fingerprint density at radius 3 is 2.40 bits per heavy atom. The van der Waals surface area contributed by atoms with Crippen molar-refractivity contribution >= 4 is 17.7 Å². The fourth-order valence-electron chi connectivity index (χ4n) is 1.56. The Labute approximate surface area is 119 Å². The van der Waals surface area contributed by atoms with Gasteiger partial charge in [-0.15, -0.1) is 0 Å². The molecule has 0 saturated carbocycles. The van der Waals surface area contributed by atoms with E-state index in [1.165, 1.54) is 6.92 Å². The van der Waals surface area contributed by atoms with Crippen LogP contribution in [0.2, 0.25) is 0 Å². The summed E-state index contributed by atoms with van der Waals surface area (Å²) in [7, 11) is 1.71. The first-order valence-corrected chi connectivity index (χ1v) is 6.48. The van der Waals surface area contributed by atoms with Crippen LogP contribution in [0.15, 0.2) is 24.3 Å². The van der Waals surface area contributed by atoms with Crippen molar-refractivity contribution in [1.29, 1.82) is 0 Å². The molecule has 0 spiro atoms. The number of benzene rings is 1. The number of hydrogen-bond acceptors (Lipinski definition) is 3. The molecule has 1 aromatic rings. The number of carbonyl (C=O) groups excluding carboxylic acids is 2. The summed E-state index contributed by atoms with van der Waals surface area (Å²) in [4.78, 5) is 24.6. The number of ether oxygens (including phenoxy) is 1. The van der Waals surface area contributed by atoms with E-state index in [0.29, 0.717) is 12.2 Å². The minimum atomic E-state index is -0.546. The predicted molar refractivity (Wildman–Crippen MR) is 78.4 cm³/mol. The Kier molecular flexibility index (Phi) is 5.13. The van der Waals surface area contributed by atoms with Gasteiger partial charge in [0.1, 0.15) is 5.60 Å². The molecule has 5 nitrogen and oxygen atoms in total. The van der Waals surface area contributed by atoms with Crippen molar-refractivity contribution in [3.8, 4) is 0 Å². The molecule has 2 amide bonds. The van der Waals surface area contributed by atoms with Gasteiger partial charge in [0.2, 0.25) is 5.91 Å². The molecule has 0 bridgehead atoms. The monoisotopic (exact) mass is 278 g/mol. The normalized spacial score (nSPS) is 10.8. The second-order valence-electron chi connectivity index (χ2n) is 5.66. The van der Waals surface area contributed by atoms with Crippen LogP contribution in [-0.2, 0) is 16.1 Å². The van der Waals surface area contributed by atoms with Crippen molar-refractivity contribution in [3.63, 3.8) is 0 Å². The first-order valence-electron chi connectivity index (χ1n) is 6.48. The van der Waals surface area contributed by atoms with E-state index in [-0.39, 0.29) is 5.91 Å². The minimum absolute atomic E-state index is 0.0305. The fourth-order valence-corrected chi connectivity index (χ4v) is 1.56. The molecular formula is C15H22N2O3. The standard InChI is InChI=1S/C15H22N2O3/c1-11(18)17(5)10-12-8-6-7-9-13(12)16-14(19)20-15(2,3)4/h6-9H,10H2,1-5H3,(H,16,19). The highest BCUT2D eigenvalue weighted by Crippen LogP contribution is 2.18. The molecule has 0 unspecified atom stereocenters. The Hall–Kier alpha value is -2.04. The van der Waals surface area contributed by atoms with Gasteiger partial charge < -0.3 is 9.64 Å². The predicted octanol–water partition coefficient (Wildman–Crippen LogP) is 3.01. The van der Waals surface area contributed by atoms with E-state index in [1.807, 2.05) is 39.0 Å². The Morgan fingerprint density at radius 1 is 1.25 bits per heavy atom. The average molecular weight is 278 g/mol. The summed E-state index contributed by atoms with van der Waals surface area (Å²) in [6.45, 7) is 7.36. The molecule has 0 atom stereocenters. The summed E-state index contributed by atoms with van der Waals surface area (Å²) in [6.07, 6.45) is -0.504. The number of anilines is 1. The SMILES string of the molecule is CC(=O)N(C)Cc1ccccc1NC(=O)OC(C)(C)C. The first kappa shape index (κ1) is 16.0. The lowest BCUT2D eigenvalue weighted by molar-refractivity contribution is -0.128. The molecule has 1 rings (SSSR count). The zero-order valence-electron chi connectivity index (χ0n) is 12.7. The largest absolute Gasteiger partial charge is 0.444 e. The summed E-state index contributed by atoms with van der Waals surface area (Å²) < 4.78 is 5.22. The van der Waals surface area contributed by atoms with Crippen molar-refractivity contribution in [1.82, 2.24) is 4.90 Å². The van der Waals surface area contributed by atoms with Crippen LogP contribution in [0.25, 0.3) is 0 Å². The number of amides is 2. The molecule has 0 radical (unpaired) electrons. The van der Waals surface area contributed by atoms with E-state index in [9.17, 15) is 9.59 Å². The fraction of sp³-hybridized carbons (Fsp3) is 0.467. The van der Waals surface area contributed by atoms with Gasteiger partial charge in [0.05, 0.1) is 0 Å². The molecule has 1 aromatic carbocycles. The van der Waals surface area contributed by atoms with Crippen LogP contribution in [0.5, 0.6) is 0 Å². The molecule has 0 aliphatic carbocycles. The van der Waals surface area contributed by atoms with Gasteiger partial charge in [-0.1, -0.05) is 18.2 Å². The third-order valence-electron chi connectivity index (χ3n) is 2.60. The molecular weight excluding hydrogens is 256 g/mol. The Balaban J connectivity index is 2.80. The lowest BCUT2D eigenvalue weighted by Gasteiger charge is -2.21. The summed E-state index contributed by atoms with van der Waals surface area (Å²) in [6, 6.07) is 7.34. The van der Waals surface area contributed by atoms with E-state index < -0.39 is 11.7 Å².